The highest BCUT2D eigenvalue weighted by molar-refractivity contribution is 7.15. The Bertz CT molecular complexity index is 943. The van der Waals surface area contributed by atoms with Gasteiger partial charge in [0.05, 0.1) is 31.9 Å². The third kappa shape index (κ3) is 4.70. The van der Waals surface area contributed by atoms with Gasteiger partial charge in [-0.2, -0.15) is 0 Å². The zero-order chi connectivity index (χ0) is 21.8. The molecule has 0 aliphatic carbocycles. The van der Waals surface area contributed by atoms with Crippen LogP contribution in [0.4, 0.5) is 5.13 Å². The largest absolute Gasteiger partial charge is 0.484 e. The van der Waals surface area contributed by atoms with E-state index in [1.807, 2.05) is 12.1 Å². The minimum absolute atomic E-state index is 0.223. The minimum Gasteiger partial charge on any atom is -0.484 e. The van der Waals surface area contributed by atoms with Crippen LogP contribution in [-0.2, 0) is 20.7 Å². The maximum Gasteiger partial charge on any atom is 0.258 e. The highest BCUT2D eigenvalue weighted by atomic mass is 32.1. The van der Waals surface area contributed by atoms with Crippen molar-refractivity contribution in [2.75, 3.05) is 38.8 Å². The number of anilines is 1. The molecule has 166 valence electrons. The number of hydrogen-bond acceptors (Lipinski definition) is 8. The predicted molar refractivity (Wildman–Crippen MR) is 114 cm³/mol. The Morgan fingerprint density at radius 3 is 2.87 bits per heavy atom. The van der Waals surface area contributed by atoms with E-state index in [2.05, 4.69) is 15.5 Å². The summed E-state index contributed by atoms with van der Waals surface area (Å²) >= 11 is 1.30. The number of fused-ring (bicyclic) bond motifs is 1. The number of benzene rings is 1. The van der Waals surface area contributed by atoms with Crippen LogP contribution in [0.3, 0.4) is 0 Å². The Balaban J connectivity index is 1.55. The first kappa shape index (κ1) is 21.7. The molecular weight excluding hydrogens is 420 g/mol. The van der Waals surface area contributed by atoms with E-state index in [1.54, 1.807) is 31.1 Å². The molecule has 1 atom stereocenters. The SMILES string of the molecule is COCCc1nnc(NC(=O)C(C)N2CC3(CCOCC3)Oc3ccccc3C2=O)s1. The zero-order valence-electron chi connectivity index (χ0n) is 17.6. The smallest absolute Gasteiger partial charge is 0.258 e. The number of nitrogens with one attached hydrogen (secondary N) is 1. The second-order valence-corrected chi connectivity index (χ2v) is 8.80. The summed E-state index contributed by atoms with van der Waals surface area (Å²) in [4.78, 5) is 28.0. The summed E-state index contributed by atoms with van der Waals surface area (Å²) in [5, 5.41) is 12.1. The Morgan fingerprint density at radius 2 is 2.10 bits per heavy atom. The van der Waals surface area contributed by atoms with Crippen molar-refractivity contribution in [1.29, 1.82) is 0 Å². The van der Waals surface area contributed by atoms with E-state index in [0.29, 0.717) is 62.1 Å². The van der Waals surface area contributed by atoms with Crippen molar-refractivity contribution in [3.63, 3.8) is 0 Å². The van der Waals surface area contributed by atoms with Gasteiger partial charge in [0, 0.05) is 26.4 Å². The molecule has 1 spiro atoms. The molecular formula is C21H26N4O5S. The number of nitrogens with zero attached hydrogens (tertiary/aromatic N) is 3. The van der Waals surface area contributed by atoms with Crippen molar-refractivity contribution in [2.24, 2.45) is 0 Å². The number of ether oxygens (including phenoxy) is 3. The summed E-state index contributed by atoms with van der Waals surface area (Å²) in [5.41, 5.74) is -0.117. The third-order valence-corrected chi connectivity index (χ3v) is 6.53. The number of carbonyl (C=O) groups is 2. The lowest BCUT2D eigenvalue weighted by Crippen LogP contribution is -2.55. The fourth-order valence-corrected chi connectivity index (χ4v) is 4.52. The average Bonchev–Trinajstić information content (AvgIpc) is 3.18. The number of para-hydroxylation sites is 1. The number of hydrogen-bond donors (Lipinski definition) is 1. The lowest BCUT2D eigenvalue weighted by atomic mass is 9.93. The molecule has 1 aromatic carbocycles. The van der Waals surface area contributed by atoms with Gasteiger partial charge in [0.25, 0.3) is 5.91 Å². The van der Waals surface area contributed by atoms with Crippen LogP contribution in [0.25, 0.3) is 0 Å². The van der Waals surface area contributed by atoms with Gasteiger partial charge in [0.1, 0.15) is 22.4 Å². The lowest BCUT2D eigenvalue weighted by molar-refractivity contribution is -0.121. The van der Waals surface area contributed by atoms with Gasteiger partial charge in [-0.25, -0.2) is 0 Å². The van der Waals surface area contributed by atoms with Crippen molar-refractivity contribution in [1.82, 2.24) is 15.1 Å². The molecule has 0 bridgehead atoms. The van der Waals surface area contributed by atoms with Gasteiger partial charge >= 0.3 is 0 Å². The fraction of sp³-hybridized carbons (Fsp3) is 0.524. The van der Waals surface area contributed by atoms with Crippen LogP contribution in [0.15, 0.2) is 24.3 Å². The molecule has 1 unspecified atom stereocenters. The van der Waals surface area contributed by atoms with Crippen molar-refractivity contribution < 1.29 is 23.8 Å². The van der Waals surface area contributed by atoms with E-state index < -0.39 is 11.6 Å². The maximum absolute atomic E-state index is 13.4. The second-order valence-electron chi connectivity index (χ2n) is 7.74. The lowest BCUT2D eigenvalue weighted by Gasteiger charge is -2.40. The maximum atomic E-state index is 13.4. The molecule has 1 fully saturated rings. The molecule has 0 radical (unpaired) electrons. The molecule has 1 saturated heterocycles. The first-order chi connectivity index (χ1) is 15.0. The average molecular weight is 447 g/mol. The molecule has 4 rings (SSSR count). The Kier molecular flexibility index (Phi) is 6.49. The van der Waals surface area contributed by atoms with Gasteiger partial charge in [0.2, 0.25) is 11.0 Å². The van der Waals surface area contributed by atoms with E-state index >= 15 is 0 Å². The van der Waals surface area contributed by atoms with Gasteiger partial charge in [-0.1, -0.05) is 23.5 Å². The summed E-state index contributed by atoms with van der Waals surface area (Å²) in [6, 6.07) is 6.48. The van der Waals surface area contributed by atoms with Crippen molar-refractivity contribution >= 4 is 28.3 Å². The predicted octanol–water partition coefficient (Wildman–Crippen LogP) is 2.14. The molecule has 2 aliphatic rings. The Hall–Kier alpha value is -2.56. The van der Waals surface area contributed by atoms with E-state index in [-0.39, 0.29) is 11.8 Å². The molecule has 10 heteroatoms. The summed E-state index contributed by atoms with van der Waals surface area (Å²) in [6.45, 7) is 3.68. The van der Waals surface area contributed by atoms with Crippen LogP contribution in [0.1, 0.15) is 35.1 Å². The normalized spacial score (nSPS) is 18.8. The topological polar surface area (TPSA) is 103 Å². The molecule has 2 aromatic rings. The van der Waals surface area contributed by atoms with Crippen LogP contribution in [0.5, 0.6) is 5.75 Å². The Labute approximate surface area is 184 Å². The van der Waals surface area contributed by atoms with Crippen LogP contribution in [-0.4, -0.2) is 72.0 Å². The minimum atomic E-state index is -0.715. The van der Waals surface area contributed by atoms with Gasteiger partial charge in [-0.3, -0.25) is 14.9 Å². The third-order valence-electron chi connectivity index (χ3n) is 5.63. The molecule has 31 heavy (non-hydrogen) atoms. The van der Waals surface area contributed by atoms with Gasteiger partial charge in [-0.05, 0) is 19.1 Å². The highest BCUT2D eigenvalue weighted by Gasteiger charge is 2.44. The van der Waals surface area contributed by atoms with Crippen LogP contribution < -0.4 is 10.1 Å². The molecule has 0 saturated carbocycles. The molecule has 3 heterocycles. The first-order valence-electron chi connectivity index (χ1n) is 10.3. The summed E-state index contributed by atoms with van der Waals surface area (Å²) in [6.07, 6.45) is 1.93. The highest BCUT2D eigenvalue weighted by Crippen LogP contribution is 2.35. The van der Waals surface area contributed by atoms with Gasteiger partial charge in [-0.15, -0.1) is 10.2 Å². The number of amides is 2. The van der Waals surface area contributed by atoms with Crippen LogP contribution >= 0.6 is 11.3 Å². The van der Waals surface area contributed by atoms with Gasteiger partial charge < -0.3 is 19.1 Å². The summed E-state index contributed by atoms with van der Waals surface area (Å²) < 4.78 is 16.9. The van der Waals surface area contributed by atoms with Crippen molar-refractivity contribution in [3.05, 3.63) is 34.8 Å². The monoisotopic (exact) mass is 446 g/mol. The van der Waals surface area contributed by atoms with E-state index in [1.165, 1.54) is 11.3 Å². The fourth-order valence-electron chi connectivity index (χ4n) is 3.80. The molecule has 1 N–H and O–H groups in total. The molecule has 9 nitrogen and oxygen atoms in total. The quantitative estimate of drug-likeness (QED) is 0.725. The number of methoxy groups -OCH3 is 1. The van der Waals surface area contributed by atoms with Crippen molar-refractivity contribution in [3.8, 4) is 5.75 Å². The number of rotatable bonds is 6. The van der Waals surface area contributed by atoms with E-state index in [4.69, 9.17) is 14.2 Å². The van der Waals surface area contributed by atoms with Crippen molar-refractivity contribution in [2.45, 2.75) is 37.8 Å². The number of carbonyl (C=O) groups excluding carboxylic acids is 2. The standard InChI is InChI=1S/C21H26N4O5S/c1-14(18(26)22-20-24-23-17(31-20)7-10-28-2)25-13-21(8-11-29-12-9-21)30-16-6-4-3-5-15(16)19(25)27/h3-6,14H,7-13H2,1-2H3,(H,22,24,26). The molecule has 2 aliphatic heterocycles. The van der Waals surface area contributed by atoms with E-state index in [9.17, 15) is 9.59 Å². The number of aromatic nitrogens is 2. The van der Waals surface area contributed by atoms with Gasteiger partial charge in [0.15, 0.2) is 0 Å². The molecule has 1 aromatic heterocycles. The second kappa shape index (κ2) is 9.29. The summed E-state index contributed by atoms with van der Waals surface area (Å²) in [5.74, 6) is 0.0143. The first-order valence-corrected chi connectivity index (χ1v) is 11.1. The Morgan fingerprint density at radius 1 is 1.32 bits per heavy atom. The van der Waals surface area contributed by atoms with Crippen LogP contribution in [0.2, 0.25) is 0 Å². The van der Waals surface area contributed by atoms with Crippen LogP contribution in [0, 0.1) is 0 Å². The van der Waals surface area contributed by atoms with E-state index in [0.717, 1.165) is 5.01 Å². The summed E-state index contributed by atoms with van der Waals surface area (Å²) in [7, 11) is 1.62. The molecule has 2 amide bonds. The zero-order valence-corrected chi connectivity index (χ0v) is 18.4.